The van der Waals surface area contributed by atoms with Gasteiger partial charge in [-0.25, -0.2) is 4.79 Å². The number of likely N-dealkylation sites (tertiary alicyclic amines) is 1. The molecular formula is C18H28N4O7. The molecule has 4 unspecified atom stereocenters. The van der Waals surface area contributed by atoms with Crippen molar-refractivity contribution in [3.05, 3.63) is 0 Å². The van der Waals surface area contributed by atoms with Crippen LogP contribution in [0.3, 0.4) is 0 Å². The molecule has 0 radical (unpaired) electrons. The Morgan fingerprint density at radius 1 is 1.10 bits per heavy atom. The molecule has 2 saturated heterocycles. The SMILES string of the molecule is CC(NC(=O)C1CCCN1C(=O)C1CCCN1)C(=O)NC(CCC(=O)O)C(=O)O. The van der Waals surface area contributed by atoms with Crippen LogP contribution in [0.4, 0.5) is 0 Å². The Bertz CT molecular complexity index is 663. The Kier molecular flexibility index (Phi) is 7.94. The van der Waals surface area contributed by atoms with E-state index in [0.29, 0.717) is 19.4 Å². The zero-order chi connectivity index (χ0) is 21.6. The molecule has 0 aliphatic carbocycles. The smallest absolute Gasteiger partial charge is 0.326 e. The molecule has 4 atom stereocenters. The normalized spacial score (nSPS) is 23.3. The van der Waals surface area contributed by atoms with E-state index in [1.54, 1.807) is 0 Å². The van der Waals surface area contributed by atoms with Crippen molar-refractivity contribution in [3.63, 3.8) is 0 Å². The fourth-order valence-electron chi connectivity index (χ4n) is 3.60. The predicted molar refractivity (Wildman–Crippen MR) is 99.8 cm³/mol. The Balaban J connectivity index is 1.90. The number of carboxylic acid groups (broad SMARTS) is 2. The Hall–Kier alpha value is -2.69. The van der Waals surface area contributed by atoms with Gasteiger partial charge < -0.3 is 31.1 Å². The van der Waals surface area contributed by atoms with Crippen LogP contribution in [0.5, 0.6) is 0 Å². The van der Waals surface area contributed by atoms with Gasteiger partial charge in [0.15, 0.2) is 0 Å². The first-order chi connectivity index (χ1) is 13.7. The molecule has 0 aromatic heterocycles. The second-order valence-electron chi connectivity index (χ2n) is 7.40. The molecule has 11 nitrogen and oxygen atoms in total. The summed E-state index contributed by atoms with van der Waals surface area (Å²) in [6.07, 6.45) is 2.14. The van der Waals surface area contributed by atoms with E-state index in [-0.39, 0.29) is 18.4 Å². The van der Waals surface area contributed by atoms with Gasteiger partial charge >= 0.3 is 11.9 Å². The number of amides is 3. The molecule has 162 valence electrons. The van der Waals surface area contributed by atoms with Gasteiger partial charge in [-0.3, -0.25) is 19.2 Å². The summed E-state index contributed by atoms with van der Waals surface area (Å²) in [6.45, 7) is 2.65. The zero-order valence-electron chi connectivity index (χ0n) is 16.3. The van der Waals surface area contributed by atoms with Crippen LogP contribution in [0.2, 0.25) is 0 Å². The number of nitrogens with one attached hydrogen (secondary N) is 3. The van der Waals surface area contributed by atoms with Crippen molar-refractivity contribution in [1.82, 2.24) is 20.9 Å². The molecule has 0 aromatic carbocycles. The Morgan fingerprint density at radius 2 is 1.83 bits per heavy atom. The fraction of sp³-hybridized carbons (Fsp3) is 0.722. The van der Waals surface area contributed by atoms with Crippen LogP contribution in [0.25, 0.3) is 0 Å². The van der Waals surface area contributed by atoms with Gasteiger partial charge in [-0.2, -0.15) is 0 Å². The van der Waals surface area contributed by atoms with Crippen molar-refractivity contribution in [2.24, 2.45) is 0 Å². The maximum absolute atomic E-state index is 12.6. The molecule has 2 aliphatic heterocycles. The molecule has 0 saturated carbocycles. The number of rotatable bonds is 9. The first-order valence-corrected chi connectivity index (χ1v) is 9.80. The summed E-state index contributed by atoms with van der Waals surface area (Å²) in [5.41, 5.74) is 0. The van der Waals surface area contributed by atoms with Crippen LogP contribution in [-0.4, -0.2) is 82.0 Å². The highest BCUT2D eigenvalue weighted by Crippen LogP contribution is 2.21. The number of aliphatic carboxylic acids is 2. The lowest BCUT2D eigenvalue weighted by Crippen LogP contribution is -2.55. The molecule has 0 bridgehead atoms. The molecule has 3 amide bonds. The first-order valence-electron chi connectivity index (χ1n) is 9.80. The van der Waals surface area contributed by atoms with Gasteiger partial charge in [0.2, 0.25) is 17.7 Å². The third-order valence-electron chi connectivity index (χ3n) is 5.21. The lowest BCUT2D eigenvalue weighted by Gasteiger charge is -2.27. The van der Waals surface area contributed by atoms with Crippen molar-refractivity contribution in [2.75, 3.05) is 13.1 Å². The van der Waals surface area contributed by atoms with Gasteiger partial charge in [0.1, 0.15) is 18.1 Å². The average molecular weight is 412 g/mol. The summed E-state index contributed by atoms with van der Waals surface area (Å²) >= 11 is 0. The summed E-state index contributed by atoms with van der Waals surface area (Å²) in [4.78, 5) is 60.9. The fourth-order valence-corrected chi connectivity index (χ4v) is 3.60. The van der Waals surface area contributed by atoms with Crippen LogP contribution in [0.15, 0.2) is 0 Å². The molecule has 5 N–H and O–H groups in total. The Morgan fingerprint density at radius 3 is 2.41 bits per heavy atom. The lowest BCUT2D eigenvalue weighted by atomic mass is 10.1. The third kappa shape index (κ3) is 6.14. The number of carbonyl (C=O) groups is 5. The minimum absolute atomic E-state index is 0.114. The quantitative estimate of drug-likeness (QED) is 0.311. The van der Waals surface area contributed by atoms with Gasteiger partial charge in [0.25, 0.3) is 0 Å². The first kappa shape index (κ1) is 22.6. The van der Waals surface area contributed by atoms with Crippen molar-refractivity contribution < 1.29 is 34.2 Å². The maximum Gasteiger partial charge on any atom is 0.326 e. The van der Waals surface area contributed by atoms with Gasteiger partial charge in [-0.1, -0.05) is 0 Å². The van der Waals surface area contributed by atoms with E-state index in [2.05, 4.69) is 16.0 Å². The molecule has 0 aromatic rings. The van der Waals surface area contributed by atoms with Gasteiger partial charge in [0.05, 0.1) is 6.04 Å². The van der Waals surface area contributed by atoms with Crippen LogP contribution in [0.1, 0.15) is 45.4 Å². The highest BCUT2D eigenvalue weighted by Gasteiger charge is 2.38. The van der Waals surface area contributed by atoms with Crippen LogP contribution < -0.4 is 16.0 Å². The topological polar surface area (TPSA) is 165 Å². The predicted octanol–water partition coefficient (Wildman–Crippen LogP) is -1.33. The van der Waals surface area contributed by atoms with E-state index in [1.165, 1.54) is 11.8 Å². The highest BCUT2D eigenvalue weighted by atomic mass is 16.4. The standard InChI is InChI=1S/C18H28N4O7/c1-10(15(25)21-12(18(28)29)6-7-14(23)24)20-16(26)13-5-3-9-22(13)17(27)11-4-2-8-19-11/h10-13,19H,2-9H2,1H3,(H,20,26)(H,21,25)(H,23,24)(H,28,29). The van der Waals surface area contributed by atoms with Crippen molar-refractivity contribution >= 4 is 29.7 Å². The number of carbonyl (C=O) groups excluding carboxylic acids is 3. The lowest BCUT2D eigenvalue weighted by molar-refractivity contribution is -0.144. The number of hydrogen-bond donors (Lipinski definition) is 5. The summed E-state index contributed by atoms with van der Waals surface area (Å²) in [7, 11) is 0. The van der Waals surface area contributed by atoms with Crippen molar-refractivity contribution in [3.8, 4) is 0 Å². The zero-order valence-corrected chi connectivity index (χ0v) is 16.3. The minimum Gasteiger partial charge on any atom is -0.481 e. The second-order valence-corrected chi connectivity index (χ2v) is 7.40. The third-order valence-corrected chi connectivity index (χ3v) is 5.21. The van der Waals surface area contributed by atoms with Crippen LogP contribution in [-0.2, 0) is 24.0 Å². The van der Waals surface area contributed by atoms with Gasteiger partial charge in [-0.15, -0.1) is 0 Å². The average Bonchev–Trinajstić information content (AvgIpc) is 3.35. The monoisotopic (exact) mass is 412 g/mol. The molecule has 2 fully saturated rings. The minimum atomic E-state index is -1.36. The van der Waals surface area contributed by atoms with Gasteiger partial charge in [-0.05, 0) is 45.6 Å². The van der Waals surface area contributed by atoms with E-state index in [0.717, 1.165) is 19.4 Å². The van der Waals surface area contributed by atoms with Crippen molar-refractivity contribution in [1.29, 1.82) is 0 Å². The molecule has 2 rings (SSSR count). The maximum atomic E-state index is 12.6. The Labute approximate surface area is 168 Å². The number of carboxylic acids is 2. The van der Waals surface area contributed by atoms with Gasteiger partial charge in [0, 0.05) is 13.0 Å². The summed E-state index contributed by atoms with van der Waals surface area (Å²) in [6, 6.07) is -3.34. The highest BCUT2D eigenvalue weighted by molar-refractivity contribution is 5.94. The van der Waals surface area contributed by atoms with E-state index >= 15 is 0 Å². The van der Waals surface area contributed by atoms with E-state index in [9.17, 15) is 24.0 Å². The molecule has 0 spiro atoms. The number of hydrogen-bond acceptors (Lipinski definition) is 6. The van der Waals surface area contributed by atoms with E-state index in [4.69, 9.17) is 10.2 Å². The van der Waals surface area contributed by atoms with Crippen LogP contribution >= 0.6 is 0 Å². The largest absolute Gasteiger partial charge is 0.481 e. The molecule has 11 heteroatoms. The molecule has 2 aliphatic rings. The molecule has 2 heterocycles. The second kappa shape index (κ2) is 10.2. The summed E-state index contributed by atoms with van der Waals surface area (Å²) < 4.78 is 0. The van der Waals surface area contributed by atoms with Crippen molar-refractivity contribution in [2.45, 2.75) is 69.6 Å². The molecule has 29 heavy (non-hydrogen) atoms. The van der Waals surface area contributed by atoms with Crippen LogP contribution in [0, 0.1) is 0 Å². The molecular weight excluding hydrogens is 384 g/mol. The summed E-state index contributed by atoms with van der Waals surface area (Å²) in [5, 5.41) is 25.7. The van der Waals surface area contributed by atoms with E-state index < -0.39 is 48.3 Å². The van der Waals surface area contributed by atoms with E-state index in [1.807, 2.05) is 0 Å². The number of nitrogens with zero attached hydrogens (tertiary/aromatic N) is 1. The summed E-state index contributed by atoms with van der Waals surface area (Å²) in [5.74, 6) is -3.83.